The van der Waals surface area contributed by atoms with Crippen LogP contribution < -0.4 is 14.8 Å². The zero-order valence-corrected chi connectivity index (χ0v) is 13.0. The molecule has 4 heteroatoms. The number of hydrogen-bond acceptors (Lipinski definition) is 3. The molecule has 1 saturated carbocycles. The van der Waals surface area contributed by atoms with Gasteiger partial charge in [0.2, 0.25) is 0 Å². The smallest absolute Gasteiger partial charge is 0.161 e. The van der Waals surface area contributed by atoms with Gasteiger partial charge in [0.1, 0.15) is 6.04 Å². The summed E-state index contributed by atoms with van der Waals surface area (Å²) in [6.45, 7) is 0.992. The Morgan fingerprint density at radius 2 is 1.95 bits per heavy atom. The second kappa shape index (κ2) is 5.85. The van der Waals surface area contributed by atoms with Gasteiger partial charge < -0.3 is 19.9 Å². The lowest BCUT2D eigenvalue weighted by Crippen LogP contribution is -2.91. The number of fused-ring (bicyclic) bond motifs is 1. The molecule has 3 rings (SSSR count). The van der Waals surface area contributed by atoms with Crippen LogP contribution in [0.15, 0.2) is 18.2 Å². The minimum atomic E-state index is -0.467. The number of hydrogen-bond donors (Lipinski definition) is 2. The maximum Gasteiger partial charge on any atom is 0.161 e. The third-order valence-electron chi connectivity index (χ3n) is 5.29. The molecule has 0 bridgehead atoms. The van der Waals surface area contributed by atoms with Gasteiger partial charge in [-0.15, -0.1) is 0 Å². The molecular formula is C17H26NO3+. The van der Waals surface area contributed by atoms with Gasteiger partial charge >= 0.3 is 0 Å². The van der Waals surface area contributed by atoms with Crippen molar-refractivity contribution < 1.29 is 19.9 Å². The van der Waals surface area contributed by atoms with E-state index in [0.29, 0.717) is 12.0 Å². The lowest BCUT2D eigenvalue weighted by molar-refractivity contribution is -0.719. The van der Waals surface area contributed by atoms with Crippen molar-refractivity contribution in [2.75, 3.05) is 20.8 Å². The van der Waals surface area contributed by atoms with Gasteiger partial charge in [-0.3, -0.25) is 0 Å². The first-order chi connectivity index (χ1) is 10.2. The van der Waals surface area contributed by atoms with Crippen molar-refractivity contribution in [3.05, 3.63) is 23.8 Å². The third-order valence-corrected chi connectivity index (χ3v) is 5.29. The van der Waals surface area contributed by atoms with E-state index in [2.05, 4.69) is 17.4 Å². The molecule has 0 unspecified atom stereocenters. The van der Waals surface area contributed by atoms with Crippen LogP contribution in [0.1, 0.15) is 43.7 Å². The van der Waals surface area contributed by atoms with Crippen LogP contribution >= 0.6 is 0 Å². The molecule has 0 aromatic heterocycles. The Hall–Kier alpha value is -1.26. The number of piperidine rings is 1. The Balaban J connectivity index is 1.91. The monoisotopic (exact) mass is 292 g/mol. The first kappa shape index (κ1) is 14.7. The molecule has 0 spiro atoms. The van der Waals surface area contributed by atoms with Crippen LogP contribution in [0, 0.1) is 5.92 Å². The van der Waals surface area contributed by atoms with Crippen molar-refractivity contribution in [2.24, 2.45) is 5.92 Å². The lowest BCUT2D eigenvalue weighted by atomic mass is 9.67. The van der Waals surface area contributed by atoms with Gasteiger partial charge in [-0.1, -0.05) is 12.8 Å². The zero-order valence-electron chi connectivity index (χ0n) is 13.0. The largest absolute Gasteiger partial charge is 0.493 e. The first-order valence-electron chi connectivity index (χ1n) is 7.95. The Bertz CT molecular complexity index is 501. The average Bonchev–Trinajstić information content (AvgIpc) is 2.53. The summed E-state index contributed by atoms with van der Waals surface area (Å²) in [7, 11) is 3.33. The van der Waals surface area contributed by atoms with E-state index < -0.39 is 5.60 Å². The summed E-state index contributed by atoms with van der Waals surface area (Å²) in [6, 6.07) is 6.48. The molecule has 1 aromatic carbocycles. The summed E-state index contributed by atoms with van der Waals surface area (Å²) in [6.07, 6.45) is 5.37. The van der Waals surface area contributed by atoms with E-state index in [1.165, 1.54) is 12.0 Å². The highest BCUT2D eigenvalue weighted by atomic mass is 16.5. The number of nitrogens with two attached hydrogens (primary N) is 1. The number of methoxy groups -OCH3 is 2. The predicted molar refractivity (Wildman–Crippen MR) is 80.6 cm³/mol. The standard InChI is InChI=1S/C17H25NO3/c1-20-14-7-6-12(11-15(14)21-2)16-13-5-3-4-8-17(13,19)9-10-18-16/h6-7,11,13,16,18-19H,3-5,8-10H2,1-2H3/p+1/t13-,16-,17+/m1/s1. The summed E-state index contributed by atoms with van der Waals surface area (Å²) in [5, 5.41) is 13.4. The summed E-state index contributed by atoms with van der Waals surface area (Å²) < 4.78 is 10.7. The molecule has 2 aliphatic rings. The summed E-state index contributed by atoms with van der Waals surface area (Å²) in [5.74, 6) is 1.88. The highest BCUT2D eigenvalue weighted by molar-refractivity contribution is 5.43. The fourth-order valence-corrected chi connectivity index (χ4v) is 4.18. The van der Waals surface area contributed by atoms with E-state index >= 15 is 0 Å². The number of aliphatic hydroxyl groups is 1. The Kier molecular flexibility index (Phi) is 4.09. The van der Waals surface area contributed by atoms with Crippen molar-refractivity contribution in [3.63, 3.8) is 0 Å². The van der Waals surface area contributed by atoms with E-state index in [-0.39, 0.29) is 0 Å². The van der Waals surface area contributed by atoms with Crippen LogP contribution in [0.3, 0.4) is 0 Å². The number of quaternary nitrogens is 1. The minimum absolute atomic E-state index is 0.323. The molecule has 3 N–H and O–H groups in total. The Labute approximate surface area is 126 Å². The molecule has 4 nitrogen and oxygen atoms in total. The molecule has 0 radical (unpaired) electrons. The Morgan fingerprint density at radius 1 is 1.14 bits per heavy atom. The molecule has 3 atom stereocenters. The van der Waals surface area contributed by atoms with Gasteiger partial charge in [0.25, 0.3) is 0 Å². The molecule has 1 aliphatic carbocycles. The lowest BCUT2D eigenvalue weighted by Gasteiger charge is -2.46. The molecule has 21 heavy (non-hydrogen) atoms. The quantitative estimate of drug-likeness (QED) is 0.890. The minimum Gasteiger partial charge on any atom is -0.493 e. The van der Waals surface area contributed by atoms with Gasteiger partial charge in [0.15, 0.2) is 11.5 Å². The summed E-state index contributed by atoms with van der Waals surface area (Å²) in [4.78, 5) is 0. The SMILES string of the molecule is COc1ccc([C@H]2[NH2+]CC[C@@]3(O)CCCC[C@H]23)cc1OC. The highest BCUT2D eigenvalue weighted by Crippen LogP contribution is 2.44. The van der Waals surface area contributed by atoms with Gasteiger partial charge in [-0.05, 0) is 31.0 Å². The van der Waals surface area contributed by atoms with Gasteiger partial charge in [0.05, 0.1) is 26.4 Å². The van der Waals surface area contributed by atoms with E-state index in [1.54, 1.807) is 14.2 Å². The molecule has 116 valence electrons. The van der Waals surface area contributed by atoms with E-state index in [4.69, 9.17) is 9.47 Å². The topological polar surface area (TPSA) is 55.3 Å². The first-order valence-corrected chi connectivity index (χ1v) is 7.95. The van der Waals surface area contributed by atoms with Crippen LogP contribution in [0.25, 0.3) is 0 Å². The Morgan fingerprint density at radius 3 is 2.71 bits per heavy atom. The number of benzene rings is 1. The maximum absolute atomic E-state index is 11.0. The molecule has 1 aromatic rings. The second-order valence-electron chi connectivity index (χ2n) is 6.37. The predicted octanol–water partition coefficient (Wildman–Crippen LogP) is 1.63. The molecule has 2 fully saturated rings. The van der Waals surface area contributed by atoms with Crippen molar-refractivity contribution in [1.82, 2.24) is 0 Å². The van der Waals surface area contributed by atoms with E-state index in [1.807, 2.05) is 6.07 Å². The van der Waals surface area contributed by atoms with Crippen LogP contribution in [0.2, 0.25) is 0 Å². The summed E-state index contributed by atoms with van der Waals surface area (Å²) in [5.41, 5.74) is 0.767. The van der Waals surface area contributed by atoms with Crippen molar-refractivity contribution in [2.45, 2.75) is 43.7 Å². The fourth-order valence-electron chi connectivity index (χ4n) is 4.18. The van der Waals surface area contributed by atoms with E-state index in [9.17, 15) is 5.11 Å². The second-order valence-corrected chi connectivity index (χ2v) is 6.37. The van der Waals surface area contributed by atoms with Crippen LogP contribution in [0.5, 0.6) is 11.5 Å². The molecule has 1 aliphatic heterocycles. The van der Waals surface area contributed by atoms with Gasteiger partial charge in [0, 0.05) is 17.9 Å². The fraction of sp³-hybridized carbons (Fsp3) is 0.647. The van der Waals surface area contributed by atoms with Crippen molar-refractivity contribution in [3.8, 4) is 11.5 Å². The number of ether oxygens (including phenoxy) is 2. The maximum atomic E-state index is 11.0. The third kappa shape index (κ3) is 2.62. The van der Waals surface area contributed by atoms with Gasteiger partial charge in [-0.25, -0.2) is 0 Å². The molecule has 1 saturated heterocycles. The summed E-state index contributed by atoms with van der Waals surface area (Å²) >= 11 is 0. The van der Waals surface area contributed by atoms with Crippen molar-refractivity contribution in [1.29, 1.82) is 0 Å². The van der Waals surface area contributed by atoms with Crippen molar-refractivity contribution >= 4 is 0 Å². The zero-order chi connectivity index (χ0) is 14.9. The van der Waals surface area contributed by atoms with Crippen LogP contribution in [-0.2, 0) is 0 Å². The molecular weight excluding hydrogens is 266 g/mol. The molecule has 1 heterocycles. The molecule has 0 amide bonds. The average molecular weight is 292 g/mol. The van der Waals surface area contributed by atoms with E-state index in [0.717, 1.165) is 43.7 Å². The van der Waals surface area contributed by atoms with Crippen LogP contribution in [0.4, 0.5) is 0 Å². The normalized spacial score (nSPS) is 32.3. The highest BCUT2D eigenvalue weighted by Gasteiger charge is 2.48. The van der Waals surface area contributed by atoms with Crippen LogP contribution in [-0.4, -0.2) is 31.5 Å². The number of rotatable bonds is 3. The van der Waals surface area contributed by atoms with Gasteiger partial charge in [-0.2, -0.15) is 0 Å².